The van der Waals surface area contributed by atoms with Crippen molar-refractivity contribution in [3.05, 3.63) is 35.0 Å². The van der Waals surface area contributed by atoms with E-state index in [-0.39, 0.29) is 11.9 Å². The van der Waals surface area contributed by atoms with Gasteiger partial charge in [-0.3, -0.25) is 0 Å². The molecule has 3 rings (SSSR count). The first-order chi connectivity index (χ1) is 13.4. The molecule has 1 atom stereocenters. The van der Waals surface area contributed by atoms with E-state index in [2.05, 4.69) is 20.0 Å². The number of hydrogen-bond acceptors (Lipinski definition) is 8. The summed E-state index contributed by atoms with van der Waals surface area (Å²) >= 11 is 1.22. The molecule has 28 heavy (non-hydrogen) atoms. The largest absolute Gasteiger partial charge is 0.453 e. The monoisotopic (exact) mass is 425 g/mol. The summed E-state index contributed by atoms with van der Waals surface area (Å²) in [4.78, 5) is 20.1. The number of alkyl carbamates (subject to hydrolysis) is 1. The van der Waals surface area contributed by atoms with Crippen molar-refractivity contribution < 1.29 is 17.9 Å². The summed E-state index contributed by atoms with van der Waals surface area (Å²) in [5.41, 5.74) is 6.43. The van der Waals surface area contributed by atoms with E-state index in [1.807, 2.05) is 0 Å². The number of carbonyl (C=O) groups is 1. The maximum absolute atomic E-state index is 13.1. The number of hydrogen-bond donors (Lipinski definition) is 2. The van der Waals surface area contributed by atoms with Crippen LogP contribution in [0.2, 0.25) is 0 Å². The van der Waals surface area contributed by atoms with Gasteiger partial charge in [0.2, 0.25) is 5.95 Å². The quantitative estimate of drug-likeness (QED) is 0.719. The minimum absolute atomic E-state index is 0.00230. The number of carbonyl (C=O) groups excluding carboxylic acids is 1. The Morgan fingerprint density at radius 2 is 2.25 bits per heavy atom. The molecule has 1 saturated heterocycles. The highest BCUT2D eigenvalue weighted by atomic mass is 32.2. The zero-order valence-electron chi connectivity index (χ0n) is 15.5. The number of anilines is 1. The predicted molar refractivity (Wildman–Crippen MR) is 106 cm³/mol. The van der Waals surface area contributed by atoms with E-state index in [0.29, 0.717) is 30.3 Å². The number of amides is 1. The zero-order chi connectivity index (χ0) is 20.1. The lowest BCUT2D eigenvalue weighted by molar-refractivity contribution is 0.171. The molecule has 1 aliphatic heterocycles. The molecular formula is C17H23N5O4S2. The van der Waals surface area contributed by atoms with Gasteiger partial charge in [0.25, 0.3) is 10.0 Å². The molecule has 2 aromatic rings. The lowest BCUT2D eigenvalue weighted by Crippen LogP contribution is -2.39. The highest BCUT2D eigenvalue weighted by molar-refractivity contribution is 7.91. The molecule has 2 aromatic heterocycles. The fourth-order valence-electron chi connectivity index (χ4n) is 3.14. The lowest BCUT2D eigenvalue weighted by Gasteiger charge is -2.31. The van der Waals surface area contributed by atoms with Crippen LogP contribution >= 0.6 is 11.3 Å². The Hall–Kier alpha value is -2.24. The SMILES string of the molecule is COC(=O)NCCc1ccc(S(=O)(=O)N2CCC[C@@H](c3ccnc(N)n3)C2)s1. The highest BCUT2D eigenvalue weighted by Crippen LogP contribution is 2.32. The van der Waals surface area contributed by atoms with Crippen molar-refractivity contribution >= 4 is 33.4 Å². The second-order valence-electron chi connectivity index (χ2n) is 6.43. The molecular weight excluding hydrogens is 402 g/mol. The first-order valence-corrected chi connectivity index (χ1v) is 11.1. The van der Waals surface area contributed by atoms with Crippen LogP contribution in [-0.2, 0) is 21.2 Å². The van der Waals surface area contributed by atoms with Gasteiger partial charge in [-0.05, 0) is 37.5 Å². The normalized spacial score (nSPS) is 18.0. The second-order valence-corrected chi connectivity index (χ2v) is 9.76. The van der Waals surface area contributed by atoms with Crippen LogP contribution in [0.25, 0.3) is 0 Å². The summed E-state index contributed by atoms with van der Waals surface area (Å²) in [6, 6.07) is 5.19. The summed E-state index contributed by atoms with van der Waals surface area (Å²) in [6.07, 6.45) is 3.25. The number of thiophene rings is 1. The minimum atomic E-state index is -3.57. The van der Waals surface area contributed by atoms with Crippen molar-refractivity contribution in [1.29, 1.82) is 0 Å². The second kappa shape index (κ2) is 8.84. The van der Waals surface area contributed by atoms with Crippen molar-refractivity contribution in [3.8, 4) is 0 Å². The number of methoxy groups -OCH3 is 1. The molecule has 3 heterocycles. The molecule has 1 aliphatic rings. The van der Waals surface area contributed by atoms with E-state index in [1.54, 1.807) is 24.4 Å². The number of ether oxygens (including phenoxy) is 1. The van der Waals surface area contributed by atoms with Crippen molar-refractivity contribution in [1.82, 2.24) is 19.6 Å². The average Bonchev–Trinajstić information content (AvgIpc) is 3.18. The summed E-state index contributed by atoms with van der Waals surface area (Å²) in [5.74, 6) is 0.193. The Bertz CT molecular complexity index is 931. The average molecular weight is 426 g/mol. The van der Waals surface area contributed by atoms with Crippen molar-refractivity contribution in [2.75, 3.05) is 32.5 Å². The van der Waals surface area contributed by atoms with Crippen LogP contribution in [0.4, 0.5) is 10.7 Å². The molecule has 0 spiro atoms. The number of nitrogens with one attached hydrogen (secondary N) is 1. The van der Waals surface area contributed by atoms with Crippen molar-refractivity contribution in [3.63, 3.8) is 0 Å². The molecule has 152 valence electrons. The van der Waals surface area contributed by atoms with Crippen LogP contribution in [0.5, 0.6) is 0 Å². The van der Waals surface area contributed by atoms with Crippen molar-refractivity contribution in [2.45, 2.75) is 29.4 Å². The molecule has 1 fully saturated rings. The fourth-order valence-corrected chi connectivity index (χ4v) is 6.17. The van der Waals surface area contributed by atoms with Gasteiger partial charge in [-0.2, -0.15) is 4.31 Å². The van der Waals surface area contributed by atoms with Crippen LogP contribution < -0.4 is 11.1 Å². The first-order valence-electron chi connectivity index (χ1n) is 8.89. The predicted octanol–water partition coefficient (Wildman–Crippen LogP) is 1.59. The van der Waals surface area contributed by atoms with Crippen LogP contribution in [0.15, 0.2) is 28.6 Å². The van der Waals surface area contributed by atoms with E-state index < -0.39 is 16.1 Å². The third-order valence-electron chi connectivity index (χ3n) is 4.56. The Morgan fingerprint density at radius 3 is 3.00 bits per heavy atom. The van der Waals surface area contributed by atoms with E-state index in [9.17, 15) is 13.2 Å². The molecule has 0 aliphatic carbocycles. The Kier molecular flexibility index (Phi) is 6.47. The highest BCUT2D eigenvalue weighted by Gasteiger charge is 2.32. The molecule has 0 radical (unpaired) electrons. The van der Waals surface area contributed by atoms with Crippen LogP contribution in [0, 0.1) is 0 Å². The van der Waals surface area contributed by atoms with Gasteiger partial charge in [-0.25, -0.2) is 23.2 Å². The zero-order valence-corrected chi connectivity index (χ0v) is 17.1. The Balaban J connectivity index is 1.67. The van der Waals surface area contributed by atoms with Gasteiger partial charge in [0.05, 0.1) is 12.8 Å². The smallest absolute Gasteiger partial charge is 0.406 e. The first kappa shape index (κ1) is 20.5. The molecule has 0 aromatic carbocycles. The van der Waals surface area contributed by atoms with Gasteiger partial charge in [0.15, 0.2) is 0 Å². The molecule has 11 heteroatoms. The Labute approximate surface area is 168 Å². The molecule has 0 saturated carbocycles. The number of nitrogens with two attached hydrogens (primary N) is 1. The molecule has 0 unspecified atom stereocenters. The van der Waals surface area contributed by atoms with E-state index in [4.69, 9.17) is 5.73 Å². The molecule has 1 amide bonds. The van der Waals surface area contributed by atoms with Crippen LogP contribution in [-0.4, -0.2) is 55.5 Å². The molecule has 0 bridgehead atoms. The number of sulfonamides is 1. The lowest BCUT2D eigenvalue weighted by atomic mass is 9.96. The number of piperidine rings is 1. The van der Waals surface area contributed by atoms with E-state index >= 15 is 0 Å². The Morgan fingerprint density at radius 1 is 1.43 bits per heavy atom. The number of nitrogens with zero attached hydrogens (tertiary/aromatic N) is 3. The van der Waals surface area contributed by atoms with Gasteiger partial charge < -0.3 is 15.8 Å². The third kappa shape index (κ3) is 4.78. The number of nitrogen functional groups attached to an aromatic ring is 1. The summed E-state index contributed by atoms with van der Waals surface area (Å²) in [7, 11) is -2.27. The van der Waals surface area contributed by atoms with E-state index in [0.717, 1.165) is 23.4 Å². The third-order valence-corrected chi connectivity index (χ3v) is 8.03. The minimum Gasteiger partial charge on any atom is -0.453 e. The summed E-state index contributed by atoms with van der Waals surface area (Å²) < 4.78 is 32.5. The van der Waals surface area contributed by atoms with Gasteiger partial charge in [-0.1, -0.05) is 0 Å². The van der Waals surface area contributed by atoms with Crippen LogP contribution in [0.3, 0.4) is 0 Å². The summed E-state index contributed by atoms with van der Waals surface area (Å²) in [5, 5.41) is 2.58. The maximum Gasteiger partial charge on any atom is 0.406 e. The molecule has 3 N–H and O–H groups in total. The van der Waals surface area contributed by atoms with Crippen molar-refractivity contribution in [2.24, 2.45) is 0 Å². The van der Waals surface area contributed by atoms with E-state index in [1.165, 1.54) is 22.8 Å². The van der Waals surface area contributed by atoms with Gasteiger partial charge in [0.1, 0.15) is 4.21 Å². The van der Waals surface area contributed by atoms with Gasteiger partial charge >= 0.3 is 6.09 Å². The number of rotatable bonds is 6. The summed E-state index contributed by atoms with van der Waals surface area (Å²) in [6.45, 7) is 1.24. The van der Waals surface area contributed by atoms with Gasteiger partial charge in [-0.15, -0.1) is 11.3 Å². The maximum atomic E-state index is 13.1. The standard InChI is InChI=1S/C17H23N5O4S2/c1-26-17(23)20-8-6-13-4-5-15(27-13)28(24,25)22-10-2-3-12(11-22)14-7-9-19-16(18)21-14/h4-5,7,9,12H,2-3,6,8,10-11H2,1H3,(H,20,23)(H2,18,19,21)/t12-/m1/s1. The topological polar surface area (TPSA) is 128 Å². The molecule has 9 nitrogen and oxygen atoms in total. The number of aromatic nitrogens is 2. The van der Waals surface area contributed by atoms with Crippen LogP contribution in [0.1, 0.15) is 29.3 Å². The fraction of sp³-hybridized carbons (Fsp3) is 0.471. The van der Waals surface area contributed by atoms with Gasteiger partial charge in [0, 0.05) is 36.6 Å².